The molecule has 0 aliphatic carbocycles. The third-order valence-electron chi connectivity index (χ3n) is 3.92. The van der Waals surface area contributed by atoms with Crippen molar-refractivity contribution >= 4 is 29.3 Å². The summed E-state index contributed by atoms with van der Waals surface area (Å²) in [6.07, 6.45) is 3.49. The molecule has 1 aliphatic rings. The first-order valence-electron chi connectivity index (χ1n) is 7.77. The van der Waals surface area contributed by atoms with Crippen LogP contribution >= 0.6 is 23.4 Å². The molecule has 0 bridgehead atoms. The van der Waals surface area contributed by atoms with Crippen molar-refractivity contribution in [1.82, 2.24) is 19.9 Å². The minimum atomic E-state index is -0.147. The topological polar surface area (TPSA) is 64.2 Å². The summed E-state index contributed by atoms with van der Waals surface area (Å²) in [5.74, 6) is 1.27. The van der Waals surface area contributed by atoms with Gasteiger partial charge < -0.3 is 9.32 Å². The fourth-order valence-corrected chi connectivity index (χ4v) is 4.10. The molecular weight excluding hydrogens is 360 g/mol. The summed E-state index contributed by atoms with van der Waals surface area (Å²) in [6, 6.07) is 11.3. The quantitative estimate of drug-likeness (QED) is 0.685. The largest absolute Gasteiger partial charge is 0.467 e. The van der Waals surface area contributed by atoms with E-state index in [0.29, 0.717) is 23.9 Å². The molecule has 4 rings (SSSR count). The van der Waals surface area contributed by atoms with Gasteiger partial charge in [-0.2, -0.15) is 0 Å². The van der Waals surface area contributed by atoms with Gasteiger partial charge in [0.2, 0.25) is 5.91 Å². The second kappa shape index (κ2) is 6.93. The van der Waals surface area contributed by atoms with Crippen LogP contribution in [0.25, 0.3) is 0 Å². The van der Waals surface area contributed by atoms with Gasteiger partial charge in [0, 0.05) is 5.02 Å². The highest BCUT2D eigenvalue weighted by atomic mass is 35.5. The molecule has 1 aromatic carbocycles. The summed E-state index contributed by atoms with van der Waals surface area (Å²) >= 11 is 7.57. The predicted molar refractivity (Wildman–Crippen MR) is 95.0 cm³/mol. The van der Waals surface area contributed by atoms with Gasteiger partial charge in [-0.05, 0) is 29.8 Å². The number of carbonyl (C=O) groups is 1. The fraction of sp³-hybridized carbons (Fsp3) is 0.235. The Hall–Kier alpha value is -2.25. The lowest BCUT2D eigenvalue weighted by Crippen LogP contribution is -2.27. The van der Waals surface area contributed by atoms with Gasteiger partial charge in [-0.1, -0.05) is 28.9 Å². The summed E-state index contributed by atoms with van der Waals surface area (Å²) in [7, 11) is 0. The highest BCUT2D eigenvalue weighted by Crippen LogP contribution is 2.38. The molecule has 8 heteroatoms. The van der Waals surface area contributed by atoms with E-state index >= 15 is 0 Å². The molecule has 0 saturated carbocycles. The van der Waals surface area contributed by atoms with Gasteiger partial charge in [0.15, 0.2) is 0 Å². The molecule has 25 heavy (non-hydrogen) atoms. The second-order valence-corrected chi connectivity index (χ2v) is 7.24. The van der Waals surface area contributed by atoms with Crippen LogP contribution in [0.2, 0.25) is 5.02 Å². The van der Waals surface area contributed by atoms with Crippen LogP contribution < -0.4 is 0 Å². The van der Waals surface area contributed by atoms with E-state index in [0.717, 1.165) is 17.0 Å². The number of rotatable bonds is 5. The number of carbonyl (C=O) groups excluding carboxylic acids is 1. The molecule has 0 spiro atoms. The van der Waals surface area contributed by atoms with Crippen molar-refractivity contribution in [2.24, 2.45) is 0 Å². The van der Waals surface area contributed by atoms with Crippen molar-refractivity contribution in [1.29, 1.82) is 0 Å². The first-order chi connectivity index (χ1) is 12.2. The van der Waals surface area contributed by atoms with E-state index in [1.807, 2.05) is 42.6 Å². The maximum Gasteiger partial charge on any atom is 0.234 e. The summed E-state index contributed by atoms with van der Waals surface area (Å²) in [4.78, 5) is 14.0. The third-order valence-corrected chi connectivity index (χ3v) is 5.38. The number of amides is 1. The van der Waals surface area contributed by atoms with Crippen LogP contribution in [0.4, 0.5) is 0 Å². The Balaban J connectivity index is 1.51. The molecule has 1 aliphatic heterocycles. The summed E-state index contributed by atoms with van der Waals surface area (Å²) in [5.41, 5.74) is 1.82. The van der Waals surface area contributed by atoms with Crippen molar-refractivity contribution < 1.29 is 9.21 Å². The van der Waals surface area contributed by atoms with Gasteiger partial charge in [0.1, 0.15) is 16.8 Å². The molecule has 1 amide bonds. The Labute approximate surface area is 153 Å². The number of thioether (sulfide) groups is 1. The lowest BCUT2D eigenvalue weighted by molar-refractivity contribution is -0.128. The fourth-order valence-electron chi connectivity index (χ4n) is 2.77. The first-order valence-corrected chi connectivity index (χ1v) is 9.19. The highest BCUT2D eigenvalue weighted by Gasteiger charge is 2.35. The van der Waals surface area contributed by atoms with Crippen molar-refractivity contribution in [2.75, 3.05) is 5.75 Å². The van der Waals surface area contributed by atoms with Gasteiger partial charge in [-0.25, -0.2) is 4.68 Å². The lowest BCUT2D eigenvalue weighted by atomic mass is 10.2. The molecule has 2 aromatic heterocycles. The van der Waals surface area contributed by atoms with E-state index in [-0.39, 0.29) is 11.3 Å². The number of nitrogens with zero attached hydrogens (tertiary/aromatic N) is 4. The van der Waals surface area contributed by atoms with Crippen molar-refractivity contribution in [2.45, 2.75) is 18.5 Å². The minimum Gasteiger partial charge on any atom is -0.467 e. The second-order valence-electron chi connectivity index (χ2n) is 5.74. The Morgan fingerprint density at radius 1 is 1.28 bits per heavy atom. The van der Waals surface area contributed by atoms with E-state index in [1.165, 1.54) is 0 Å². The first kappa shape index (κ1) is 16.2. The van der Waals surface area contributed by atoms with Crippen LogP contribution in [-0.4, -0.2) is 31.6 Å². The Bertz CT molecular complexity index is 880. The van der Waals surface area contributed by atoms with E-state index in [1.54, 1.807) is 27.6 Å². The monoisotopic (exact) mass is 374 g/mol. The zero-order chi connectivity index (χ0) is 17.2. The van der Waals surface area contributed by atoms with E-state index in [2.05, 4.69) is 10.3 Å². The van der Waals surface area contributed by atoms with Crippen LogP contribution in [0, 0.1) is 0 Å². The standard InChI is InChI=1S/C17H15ClN4O2S/c18-13-4-1-3-12(7-13)8-21-10-15(19-20-21)17-22(16(23)11-25-17)9-14-5-2-6-24-14/h1-7,10,17H,8-9,11H2. The Kier molecular flexibility index (Phi) is 4.50. The maximum atomic E-state index is 12.2. The zero-order valence-electron chi connectivity index (χ0n) is 13.2. The van der Waals surface area contributed by atoms with Crippen LogP contribution in [0.3, 0.4) is 0 Å². The van der Waals surface area contributed by atoms with Crippen LogP contribution in [0.5, 0.6) is 0 Å². The van der Waals surface area contributed by atoms with Crippen molar-refractivity contribution in [3.8, 4) is 0 Å². The molecule has 1 fully saturated rings. The van der Waals surface area contributed by atoms with Gasteiger partial charge in [0.05, 0.1) is 31.3 Å². The number of aromatic nitrogens is 3. The summed E-state index contributed by atoms with van der Waals surface area (Å²) < 4.78 is 7.13. The number of furan rings is 1. The molecule has 0 N–H and O–H groups in total. The molecule has 3 heterocycles. The molecule has 0 radical (unpaired) electrons. The van der Waals surface area contributed by atoms with Gasteiger partial charge >= 0.3 is 0 Å². The van der Waals surface area contributed by atoms with Crippen molar-refractivity contribution in [3.05, 3.63) is 70.9 Å². The number of hydrogen-bond donors (Lipinski definition) is 0. The van der Waals surface area contributed by atoms with Gasteiger partial charge in [-0.3, -0.25) is 4.79 Å². The molecule has 1 saturated heterocycles. The zero-order valence-corrected chi connectivity index (χ0v) is 14.8. The molecule has 3 aromatic rings. The molecule has 1 unspecified atom stereocenters. The predicted octanol–water partition coefficient (Wildman–Crippen LogP) is 3.35. The average Bonchev–Trinajstić information content (AvgIpc) is 3.31. The molecule has 1 atom stereocenters. The van der Waals surface area contributed by atoms with Crippen LogP contribution in [0.15, 0.2) is 53.3 Å². The number of halogens is 1. The Morgan fingerprint density at radius 2 is 2.20 bits per heavy atom. The average molecular weight is 375 g/mol. The summed E-state index contributed by atoms with van der Waals surface area (Å²) in [6.45, 7) is 1.02. The minimum absolute atomic E-state index is 0.0794. The van der Waals surface area contributed by atoms with E-state index < -0.39 is 0 Å². The van der Waals surface area contributed by atoms with Crippen molar-refractivity contribution in [3.63, 3.8) is 0 Å². The number of benzene rings is 1. The maximum absolute atomic E-state index is 12.2. The van der Waals surface area contributed by atoms with Gasteiger partial charge in [-0.15, -0.1) is 16.9 Å². The number of hydrogen-bond acceptors (Lipinski definition) is 5. The van der Waals surface area contributed by atoms with E-state index in [9.17, 15) is 4.79 Å². The smallest absolute Gasteiger partial charge is 0.234 e. The third kappa shape index (κ3) is 3.57. The normalized spacial score (nSPS) is 17.4. The summed E-state index contributed by atoms with van der Waals surface area (Å²) in [5, 5.41) is 9.00. The molecule has 128 valence electrons. The highest BCUT2D eigenvalue weighted by molar-refractivity contribution is 8.00. The Morgan fingerprint density at radius 3 is 3.00 bits per heavy atom. The lowest BCUT2D eigenvalue weighted by Gasteiger charge is -2.20. The van der Waals surface area contributed by atoms with Gasteiger partial charge in [0.25, 0.3) is 0 Å². The SMILES string of the molecule is O=C1CSC(c2cn(Cc3cccc(Cl)c3)nn2)N1Cc1ccco1. The molecular formula is C17H15ClN4O2S. The van der Waals surface area contributed by atoms with E-state index in [4.69, 9.17) is 16.0 Å². The van der Waals surface area contributed by atoms with Crippen LogP contribution in [0.1, 0.15) is 22.4 Å². The van der Waals surface area contributed by atoms with Crippen LogP contribution in [-0.2, 0) is 17.9 Å². The molecule has 6 nitrogen and oxygen atoms in total.